The number of carbonyl (C=O) groups excluding carboxylic acids is 2. The summed E-state index contributed by atoms with van der Waals surface area (Å²) in [6, 6.07) is 4.91. The van der Waals surface area contributed by atoms with Gasteiger partial charge in [-0.05, 0) is 25.5 Å². The Morgan fingerprint density at radius 1 is 1.39 bits per heavy atom. The summed E-state index contributed by atoms with van der Waals surface area (Å²) >= 11 is 0. The second-order valence-corrected chi connectivity index (χ2v) is 6.00. The molecule has 0 radical (unpaired) electrons. The molecular weight excluding hydrogens is 311 g/mol. The number of hydrogen-bond donors (Lipinski definition) is 0. The van der Waals surface area contributed by atoms with E-state index in [1.165, 1.54) is 18.9 Å². The SMILES string of the molecule is CCOC(=O)[C@H]1[C@H](C(F)(F)F)[C@]12C(=O)N(C)c1ccc(C)cc12. The van der Waals surface area contributed by atoms with Gasteiger partial charge in [-0.15, -0.1) is 0 Å². The monoisotopic (exact) mass is 327 g/mol. The molecule has 1 heterocycles. The van der Waals surface area contributed by atoms with Crippen molar-refractivity contribution in [1.29, 1.82) is 0 Å². The van der Waals surface area contributed by atoms with Crippen LogP contribution in [0.4, 0.5) is 18.9 Å². The van der Waals surface area contributed by atoms with Gasteiger partial charge in [-0.3, -0.25) is 9.59 Å². The third-order valence-corrected chi connectivity index (χ3v) is 4.72. The molecule has 1 aliphatic heterocycles. The fourth-order valence-corrected chi connectivity index (χ4v) is 3.77. The van der Waals surface area contributed by atoms with Gasteiger partial charge in [-0.2, -0.15) is 13.2 Å². The van der Waals surface area contributed by atoms with Crippen LogP contribution in [-0.2, 0) is 19.7 Å². The number of rotatable bonds is 2. The van der Waals surface area contributed by atoms with E-state index in [-0.39, 0.29) is 12.2 Å². The number of likely N-dealkylation sites (N-methyl/N-ethyl adjacent to an activating group) is 1. The number of hydrogen-bond acceptors (Lipinski definition) is 3. The van der Waals surface area contributed by atoms with Crippen molar-refractivity contribution < 1.29 is 27.5 Å². The van der Waals surface area contributed by atoms with Crippen LogP contribution in [0.1, 0.15) is 18.1 Å². The quantitative estimate of drug-likeness (QED) is 0.785. The summed E-state index contributed by atoms with van der Waals surface area (Å²) in [5, 5.41) is 0. The molecule has 0 N–H and O–H groups in total. The van der Waals surface area contributed by atoms with E-state index < -0.39 is 35.3 Å². The summed E-state index contributed by atoms with van der Waals surface area (Å²) in [4.78, 5) is 25.9. The van der Waals surface area contributed by atoms with Crippen LogP contribution in [0, 0.1) is 18.8 Å². The third-order valence-electron chi connectivity index (χ3n) is 4.72. The zero-order chi connectivity index (χ0) is 17.2. The number of ether oxygens (including phenoxy) is 1. The van der Waals surface area contributed by atoms with Gasteiger partial charge in [0.15, 0.2) is 0 Å². The van der Waals surface area contributed by atoms with Crippen molar-refractivity contribution in [3.63, 3.8) is 0 Å². The van der Waals surface area contributed by atoms with Crippen molar-refractivity contribution in [2.75, 3.05) is 18.6 Å². The van der Waals surface area contributed by atoms with E-state index in [0.717, 1.165) is 5.56 Å². The normalized spacial score (nSPS) is 29.0. The second-order valence-electron chi connectivity index (χ2n) is 6.00. The van der Waals surface area contributed by atoms with Gasteiger partial charge < -0.3 is 9.64 Å². The molecule has 1 aliphatic carbocycles. The number of amides is 1. The minimum Gasteiger partial charge on any atom is -0.466 e. The summed E-state index contributed by atoms with van der Waals surface area (Å²) in [6.07, 6.45) is -4.65. The number of nitrogens with zero attached hydrogens (tertiary/aromatic N) is 1. The van der Waals surface area contributed by atoms with E-state index in [2.05, 4.69) is 0 Å². The maximum absolute atomic E-state index is 13.5. The molecule has 0 bridgehead atoms. The Bertz CT molecular complexity index is 700. The fourth-order valence-electron chi connectivity index (χ4n) is 3.77. The minimum atomic E-state index is -4.65. The molecule has 4 nitrogen and oxygen atoms in total. The molecule has 1 aromatic carbocycles. The van der Waals surface area contributed by atoms with E-state index in [0.29, 0.717) is 5.69 Å². The highest BCUT2D eigenvalue weighted by molar-refractivity contribution is 6.14. The Morgan fingerprint density at radius 3 is 2.61 bits per heavy atom. The lowest BCUT2D eigenvalue weighted by Crippen LogP contribution is -2.33. The van der Waals surface area contributed by atoms with Gasteiger partial charge in [0, 0.05) is 12.7 Å². The number of alkyl halides is 3. The van der Waals surface area contributed by atoms with Crippen LogP contribution in [-0.4, -0.2) is 31.7 Å². The predicted octanol–water partition coefficient (Wildman–Crippen LogP) is 2.58. The van der Waals surface area contributed by atoms with Crippen molar-refractivity contribution >= 4 is 17.6 Å². The Kier molecular flexibility index (Phi) is 3.25. The summed E-state index contributed by atoms with van der Waals surface area (Å²) < 4.78 is 45.3. The van der Waals surface area contributed by atoms with E-state index in [9.17, 15) is 22.8 Å². The maximum atomic E-state index is 13.5. The highest BCUT2D eigenvalue weighted by atomic mass is 19.4. The van der Waals surface area contributed by atoms with Gasteiger partial charge in [-0.25, -0.2) is 0 Å². The summed E-state index contributed by atoms with van der Waals surface area (Å²) in [5.41, 5.74) is -0.450. The van der Waals surface area contributed by atoms with Crippen LogP contribution in [0.25, 0.3) is 0 Å². The van der Waals surface area contributed by atoms with E-state index in [1.54, 1.807) is 25.1 Å². The van der Waals surface area contributed by atoms with Gasteiger partial charge >= 0.3 is 12.1 Å². The molecule has 1 fully saturated rings. The Balaban J connectivity index is 2.18. The Morgan fingerprint density at radius 2 is 2.04 bits per heavy atom. The largest absolute Gasteiger partial charge is 0.466 e. The zero-order valence-corrected chi connectivity index (χ0v) is 12.9. The van der Waals surface area contributed by atoms with Gasteiger partial charge in [-0.1, -0.05) is 17.7 Å². The molecule has 124 valence electrons. The molecule has 2 aliphatic rings. The summed E-state index contributed by atoms with van der Waals surface area (Å²) in [6.45, 7) is 3.23. The lowest BCUT2D eigenvalue weighted by Gasteiger charge is -2.12. The van der Waals surface area contributed by atoms with Crippen molar-refractivity contribution in [1.82, 2.24) is 0 Å². The highest BCUT2D eigenvalue weighted by Gasteiger charge is 2.85. The van der Waals surface area contributed by atoms with Crippen LogP contribution in [0.3, 0.4) is 0 Å². The van der Waals surface area contributed by atoms with Crippen molar-refractivity contribution in [3.8, 4) is 0 Å². The zero-order valence-electron chi connectivity index (χ0n) is 12.9. The molecule has 1 amide bonds. The van der Waals surface area contributed by atoms with Crippen LogP contribution in [0.5, 0.6) is 0 Å². The number of aryl methyl sites for hydroxylation is 1. The number of halogens is 3. The lowest BCUT2D eigenvalue weighted by atomic mass is 9.91. The molecule has 3 atom stereocenters. The van der Waals surface area contributed by atoms with Crippen LogP contribution in [0.2, 0.25) is 0 Å². The average molecular weight is 327 g/mol. The molecule has 0 saturated heterocycles. The molecule has 1 aromatic rings. The first-order valence-corrected chi connectivity index (χ1v) is 7.30. The molecular formula is C16H16F3NO3. The van der Waals surface area contributed by atoms with Crippen molar-refractivity contribution in [3.05, 3.63) is 29.3 Å². The average Bonchev–Trinajstić information content (AvgIpc) is 3.12. The van der Waals surface area contributed by atoms with E-state index in [1.807, 2.05) is 0 Å². The van der Waals surface area contributed by atoms with Crippen LogP contribution >= 0.6 is 0 Å². The maximum Gasteiger partial charge on any atom is 0.394 e. The van der Waals surface area contributed by atoms with Crippen LogP contribution < -0.4 is 4.90 Å². The van der Waals surface area contributed by atoms with E-state index in [4.69, 9.17) is 4.74 Å². The van der Waals surface area contributed by atoms with Crippen molar-refractivity contribution in [2.45, 2.75) is 25.4 Å². The van der Waals surface area contributed by atoms with Gasteiger partial charge in [0.05, 0.1) is 18.4 Å². The molecule has 7 heteroatoms. The number of benzene rings is 1. The Labute approximate surface area is 131 Å². The molecule has 23 heavy (non-hydrogen) atoms. The molecule has 0 unspecified atom stereocenters. The highest BCUT2D eigenvalue weighted by Crippen LogP contribution is 2.70. The first kappa shape index (κ1) is 15.8. The summed E-state index contributed by atoms with van der Waals surface area (Å²) in [5.74, 6) is -5.21. The van der Waals surface area contributed by atoms with E-state index >= 15 is 0 Å². The smallest absolute Gasteiger partial charge is 0.394 e. The van der Waals surface area contributed by atoms with Gasteiger partial charge in [0.2, 0.25) is 5.91 Å². The van der Waals surface area contributed by atoms with Gasteiger partial charge in [0.25, 0.3) is 0 Å². The molecule has 0 aromatic heterocycles. The molecule has 1 saturated carbocycles. The standard InChI is InChI=1S/C16H16F3NO3/c1-4-23-13(21)11-12(16(17,18)19)15(11)9-7-8(2)5-6-10(9)20(3)14(15)22/h5-7,11-12H,4H2,1-3H3/t11-,12+,15-/m1/s1. The minimum absolute atomic E-state index is 0.0271. The fraction of sp³-hybridized carbons (Fsp3) is 0.500. The number of anilines is 1. The van der Waals surface area contributed by atoms with Crippen molar-refractivity contribution in [2.24, 2.45) is 11.8 Å². The Hall–Kier alpha value is -2.05. The third kappa shape index (κ3) is 1.91. The first-order valence-electron chi connectivity index (χ1n) is 7.30. The topological polar surface area (TPSA) is 46.6 Å². The lowest BCUT2D eigenvalue weighted by molar-refractivity contribution is -0.164. The number of fused-ring (bicyclic) bond motifs is 2. The van der Waals surface area contributed by atoms with Gasteiger partial charge in [0.1, 0.15) is 5.41 Å². The predicted molar refractivity (Wildman–Crippen MR) is 75.9 cm³/mol. The first-order chi connectivity index (χ1) is 10.7. The number of esters is 1. The molecule has 1 spiro atoms. The molecule has 3 rings (SSSR count). The van der Waals surface area contributed by atoms with Crippen LogP contribution in [0.15, 0.2) is 18.2 Å². The number of carbonyl (C=O) groups is 2. The summed E-state index contributed by atoms with van der Waals surface area (Å²) in [7, 11) is 1.43. The second kappa shape index (κ2) is 4.72.